The standard InChI is InChI=1S/C71H131N2O7P/c1-7-10-13-16-19-22-25-28-30-32-34-35-36-37-39-41-43-46-49-52-55-58-61-64-71(75)80-69(62-59-56-53-50-47-44-27-24-21-18-15-12-9-3)68(67-79-81(76,77)78-66-65-73(4,5)6)72-70(74)63-60-57-54-51-48-45-42-40-38-33-31-29-26-23-20-17-14-11-8-2/h19,22,28-31,34-35,37,39,59,62,68-69H,7-18,20-21,23-27,32-33,36,38,40-58,60-61,63-67H2,1-6H3,(H-,72,74,76,77)/p+1/b22-19-,30-28-,31-29+,35-34-,39-37-,62-59+. The quantitative estimate of drug-likeness (QED) is 0.0205. The molecule has 0 rings (SSSR count). The number of quaternary nitrogens is 1. The third-order valence-corrected chi connectivity index (χ3v) is 16.1. The Morgan fingerprint density at radius 1 is 0.432 bits per heavy atom. The number of allylic oxidation sites excluding steroid dienone is 11. The summed E-state index contributed by atoms with van der Waals surface area (Å²) < 4.78 is 30.8. The molecule has 2 N–H and O–H groups in total. The predicted molar refractivity (Wildman–Crippen MR) is 351 cm³/mol. The van der Waals surface area contributed by atoms with Crippen LogP contribution in [-0.2, 0) is 27.9 Å². The van der Waals surface area contributed by atoms with Crippen LogP contribution in [0.3, 0.4) is 0 Å². The summed E-state index contributed by atoms with van der Waals surface area (Å²) in [7, 11) is 1.49. The highest BCUT2D eigenvalue weighted by molar-refractivity contribution is 7.47. The van der Waals surface area contributed by atoms with Gasteiger partial charge < -0.3 is 19.4 Å². The maximum Gasteiger partial charge on any atom is 0.472 e. The Kier molecular flexibility index (Phi) is 58.7. The lowest BCUT2D eigenvalue weighted by atomic mass is 10.0. The van der Waals surface area contributed by atoms with E-state index >= 15 is 0 Å². The Morgan fingerprint density at radius 2 is 0.753 bits per heavy atom. The number of nitrogens with one attached hydrogen (secondary N) is 1. The maximum absolute atomic E-state index is 13.6. The van der Waals surface area contributed by atoms with Crippen molar-refractivity contribution in [1.29, 1.82) is 0 Å². The van der Waals surface area contributed by atoms with E-state index < -0.39 is 20.0 Å². The minimum Gasteiger partial charge on any atom is -0.456 e. The molecule has 0 aliphatic rings. The summed E-state index contributed by atoms with van der Waals surface area (Å²) in [4.78, 5) is 37.9. The number of phosphoric ester groups is 1. The van der Waals surface area contributed by atoms with Gasteiger partial charge in [-0.3, -0.25) is 18.6 Å². The predicted octanol–water partition coefficient (Wildman–Crippen LogP) is 21.6. The van der Waals surface area contributed by atoms with E-state index in [1.165, 1.54) is 193 Å². The number of phosphoric acid groups is 1. The molecule has 0 aromatic heterocycles. The number of esters is 1. The first kappa shape index (κ1) is 78.5. The summed E-state index contributed by atoms with van der Waals surface area (Å²) in [6.45, 7) is 7.00. The van der Waals surface area contributed by atoms with Crippen LogP contribution in [-0.4, -0.2) is 74.3 Å². The maximum atomic E-state index is 13.6. The molecule has 0 fully saturated rings. The Labute approximate surface area is 502 Å². The number of rotatable bonds is 62. The molecule has 0 saturated heterocycles. The van der Waals surface area contributed by atoms with E-state index in [-0.39, 0.29) is 31.5 Å². The van der Waals surface area contributed by atoms with E-state index in [1.54, 1.807) is 0 Å². The van der Waals surface area contributed by atoms with E-state index in [1.807, 2.05) is 33.3 Å². The number of carbonyl (C=O) groups is 2. The zero-order chi connectivity index (χ0) is 59.3. The molecule has 0 aromatic carbocycles. The zero-order valence-corrected chi connectivity index (χ0v) is 54.9. The number of ether oxygens (including phenoxy) is 1. The highest BCUT2D eigenvalue weighted by atomic mass is 31.2. The molecule has 9 nitrogen and oxygen atoms in total. The van der Waals surface area contributed by atoms with E-state index in [0.717, 1.165) is 89.9 Å². The highest BCUT2D eigenvalue weighted by Crippen LogP contribution is 2.43. The van der Waals surface area contributed by atoms with Crippen molar-refractivity contribution in [3.63, 3.8) is 0 Å². The number of likely N-dealkylation sites (N-methyl/N-ethyl adjacent to an activating group) is 1. The van der Waals surface area contributed by atoms with Gasteiger partial charge in [0.25, 0.3) is 0 Å². The van der Waals surface area contributed by atoms with Gasteiger partial charge in [0.05, 0.1) is 33.8 Å². The Balaban J connectivity index is 5.20. The second-order valence-electron chi connectivity index (χ2n) is 24.3. The van der Waals surface area contributed by atoms with Crippen LogP contribution >= 0.6 is 7.82 Å². The van der Waals surface area contributed by atoms with Crippen molar-refractivity contribution in [2.75, 3.05) is 40.9 Å². The molecule has 10 heteroatoms. The molecule has 3 atom stereocenters. The van der Waals surface area contributed by atoms with Crippen molar-refractivity contribution in [1.82, 2.24) is 5.32 Å². The van der Waals surface area contributed by atoms with Gasteiger partial charge in [-0.05, 0) is 102 Å². The fourth-order valence-electron chi connectivity index (χ4n) is 9.80. The Bertz CT molecular complexity index is 1620. The number of carbonyl (C=O) groups excluding carboxylic acids is 2. The molecule has 0 aliphatic heterocycles. The van der Waals surface area contributed by atoms with Crippen molar-refractivity contribution in [3.05, 3.63) is 72.9 Å². The molecule has 0 aliphatic carbocycles. The van der Waals surface area contributed by atoms with E-state index in [9.17, 15) is 19.0 Å². The minimum atomic E-state index is -4.46. The van der Waals surface area contributed by atoms with Crippen molar-refractivity contribution in [2.24, 2.45) is 0 Å². The van der Waals surface area contributed by atoms with Gasteiger partial charge in [-0.1, -0.05) is 274 Å². The van der Waals surface area contributed by atoms with Crippen molar-refractivity contribution in [2.45, 2.75) is 328 Å². The van der Waals surface area contributed by atoms with Gasteiger partial charge in [0.15, 0.2) is 0 Å². The van der Waals surface area contributed by atoms with E-state index in [2.05, 4.69) is 86.8 Å². The average Bonchev–Trinajstić information content (AvgIpc) is 3.44. The van der Waals surface area contributed by atoms with Crippen LogP contribution in [0, 0.1) is 0 Å². The number of amides is 1. The molecule has 1 amide bonds. The lowest BCUT2D eigenvalue weighted by Gasteiger charge is -2.27. The van der Waals surface area contributed by atoms with Crippen LogP contribution in [0.25, 0.3) is 0 Å². The van der Waals surface area contributed by atoms with Gasteiger partial charge in [0.2, 0.25) is 5.91 Å². The van der Waals surface area contributed by atoms with Gasteiger partial charge in [-0.2, -0.15) is 0 Å². The topological polar surface area (TPSA) is 111 Å². The lowest BCUT2D eigenvalue weighted by molar-refractivity contribution is -0.870. The molecule has 0 saturated carbocycles. The van der Waals surface area contributed by atoms with Crippen molar-refractivity contribution >= 4 is 19.7 Å². The fourth-order valence-corrected chi connectivity index (χ4v) is 10.5. The first-order valence-corrected chi connectivity index (χ1v) is 35.8. The normalized spacial score (nSPS) is 14.0. The summed E-state index contributed by atoms with van der Waals surface area (Å²) in [5.74, 6) is -0.512. The number of nitrogens with zero attached hydrogens (tertiary/aromatic N) is 1. The first-order chi connectivity index (χ1) is 39.4. The largest absolute Gasteiger partial charge is 0.472 e. The van der Waals surface area contributed by atoms with Crippen LogP contribution in [0.5, 0.6) is 0 Å². The highest BCUT2D eigenvalue weighted by Gasteiger charge is 2.30. The van der Waals surface area contributed by atoms with Crippen LogP contribution < -0.4 is 5.32 Å². The molecular weight excluding hydrogens is 1020 g/mol. The molecule has 3 unspecified atom stereocenters. The summed E-state index contributed by atoms with van der Waals surface area (Å²) in [6, 6.07) is -0.857. The van der Waals surface area contributed by atoms with Gasteiger partial charge in [-0.15, -0.1) is 0 Å². The first-order valence-electron chi connectivity index (χ1n) is 34.3. The molecule has 0 radical (unpaired) electrons. The molecule has 472 valence electrons. The second-order valence-corrected chi connectivity index (χ2v) is 25.8. The van der Waals surface area contributed by atoms with E-state index in [4.69, 9.17) is 13.8 Å². The third kappa shape index (κ3) is 61.8. The Hall–Kier alpha value is -2.55. The SMILES string of the molecule is CCCCC/C=C\C/C=C\C/C=C\C/C=C\CCCCCCCCCC(=O)OC(/C=C/CCCCCCCCCCCCC)C(COP(=O)(O)OCC[N+](C)(C)C)NC(=O)CCCCCCCCCCC/C=C/CCCCCCCC. The summed E-state index contributed by atoms with van der Waals surface area (Å²) in [5, 5.41) is 3.07. The van der Waals surface area contributed by atoms with E-state index in [0.29, 0.717) is 17.4 Å². The Morgan fingerprint density at radius 3 is 1.16 bits per heavy atom. The van der Waals surface area contributed by atoms with Crippen molar-refractivity contribution in [3.8, 4) is 0 Å². The zero-order valence-electron chi connectivity index (χ0n) is 54.0. The van der Waals surface area contributed by atoms with Gasteiger partial charge >= 0.3 is 13.8 Å². The van der Waals surface area contributed by atoms with Crippen LogP contribution in [0.15, 0.2) is 72.9 Å². The summed E-state index contributed by atoms with van der Waals surface area (Å²) in [6.07, 6.45) is 79.0. The molecule has 81 heavy (non-hydrogen) atoms. The van der Waals surface area contributed by atoms with Crippen molar-refractivity contribution < 1.29 is 37.3 Å². The van der Waals surface area contributed by atoms with Gasteiger partial charge in [-0.25, -0.2) is 4.57 Å². The van der Waals surface area contributed by atoms with Crippen LogP contribution in [0.2, 0.25) is 0 Å². The summed E-state index contributed by atoms with van der Waals surface area (Å²) in [5.41, 5.74) is 0. The van der Waals surface area contributed by atoms with Crippen LogP contribution in [0.1, 0.15) is 316 Å². The summed E-state index contributed by atoms with van der Waals surface area (Å²) >= 11 is 0. The lowest BCUT2D eigenvalue weighted by Crippen LogP contribution is -2.47. The molecule has 0 spiro atoms. The molecule has 0 heterocycles. The second kappa shape index (κ2) is 60.6. The van der Waals surface area contributed by atoms with Gasteiger partial charge in [0.1, 0.15) is 19.3 Å². The number of hydrogen-bond donors (Lipinski definition) is 2. The molecule has 0 bridgehead atoms. The van der Waals surface area contributed by atoms with Crippen LogP contribution in [0.4, 0.5) is 0 Å². The fraction of sp³-hybridized carbons (Fsp3) is 0.803. The smallest absolute Gasteiger partial charge is 0.456 e. The minimum absolute atomic E-state index is 0.0364. The molecular formula is C71H132N2O7P+. The monoisotopic (exact) mass is 1160 g/mol. The third-order valence-electron chi connectivity index (χ3n) is 15.1. The van der Waals surface area contributed by atoms with Gasteiger partial charge in [0, 0.05) is 12.8 Å². The number of hydrogen-bond acceptors (Lipinski definition) is 6. The number of unbranched alkanes of at least 4 members (excludes halogenated alkanes) is 36. The molecule has 0 aromatic rings. The average molecular weight is 1160 g/mol.